The van der Waals surface area contributed by atoms with Gasteiger partial charge in [-0.1, -0.05) is 12.2 Å². The first-order valence-corrected chi connectivity index (χ1v) is 9.29. The molecule has 26 heavy (non-hydrogen) atoms. The lowest BCUT2D eigenvalue weighted by Crippen LogP contribution is -2.48. The zero-order chi connectivity index (χ0) is 17.3. The van der Waals surface area contributed by atoms with Crippen molar-refractivity contribution in [3.63, 3.8) is 0 Å². The van der Waals surface area contributed by atoms with E-state index in [0.717, 1.165) is 70.6 Å². The van der Waals surface area contributed by atoms with Crippen LogP contribution in [0.2, 0.25) is 0 Å². The Balaban J connectivity index is 0.00000243. The normalized spacial score (nSPS) is 18.7. The number of aliphatic imine (C=N–C) groups is 1. The Labute approximate surface area is 173 Å². The van der Waals surface area contributed by atoms with Crippen LogP contribution in [0.3, 0.4) is 0 Å². The number of hydrogen-bond donors (Lipinski definition) is 2. The molecule has 3 rings (SSSR count). The van der Waals surface area contributed by atoms with Gasteiger partial charge in [0.15, 0.2) is 5.96 Å². The maximum Gasteiger partial charge on any atom is 0.225 e. The summed E-state index contributed by atoms with van der Waals surface area (Å²) in [6, 6.07) is 2.35. The van der Waals surface area contributed by atoms with Crippen LogP contribution >= 0.6 is 24.0 Å². The lowest BCUT2D eigenvalue weighted by atomic mass is 10.2. The van der Waals surface area contributed by atoms with Crippen LogP contribution in [0, 0.1) is 0 Å². The van der Waals surface area contributed by atoms with E-state index in [-0.39, 0.29) is 24.0 Å². The molecule has 0 spiro atoms. The minimum Gasteiger partial charge on any atom is -0.357 e. The third kappa shape index (κ3) is 6.39. The number of aromatic nitrogens is 2. The van der Waals surface area contributed by atoms with Crippen molar-refractivity contribution in [1.29, 1.82) is 0 Å². The summed E-state index contributed by atoms with van der Waals surface area (Å²) >= 11 is 0. The summed E-state index contributed by atoms with van der Waals surface area (Å²) in [7, 11) is 0. The first-order valence-electron chi connectivity index (χ1n) is 9.29. The molecule has 1 aliphatic heterocycles. The second-order valence-electron chi connectivity index (χ2n) is 6.42. The molecule has 0 atom stereocenters. The summed E-state index contributed by atoms with van der Waals surface area (Å²) in [6.07, 6.45) is 10.3. The molecule has 0 bridgehead atoms. The van der Waals surface area contributed by atoms with Crippen LogP contribution in [0.5, 0.6) is 0 Å². The van der Waals surface area contributed by atoms with E-state index >= 15 is 0 Å². The number of rotatable bonds is 6. The lowest BCUT2D eigenvalue weighted by molar-refractivity contribution is 0.263. The third-order valence-electron chi connectivity index (χ3n) is 4.59. The Hall–Kier alpha value is -1.42. The summed E-state index contributed by atoms with van der Waals surface area (Å²) < 4.78 is 0. The predicted molar refractivity (Wildman–Crippen MR) is 117 cm³/mol. The largest absolute Gasteiger partial charge is 0.357 e. The van der Waals surface area contributed by atoms with Crippen molar-refractivity contribution in [1.82, 2.24) is 25.5 Å². The molecule has 0 saturated carbocycles. The summed E-state index contributed by atoms with van der Waals surface area (Å²) in [6.45, 7) is 8.81. The highest BCUT2D eigenvalue weighted by atomic mass is 127. The van der Waals surface area contributed by atoms with Crippen molar-refractivity contribution < 1.29 is 0 Å². The Bertz CT molecular complexity index is 562. The number of hydrogen-bond acceptors (Lipinski definition) is 5. The van der Waals surface area contributed by atoms with E-state index in [2.05, 4.69) is 49.5 Å². The van der Waals surface area contributed by atoms with Gasteiger partial charge < -0.3 is 15.5 Å². The van der Waals surface area contributed by atoms with Crippen LogP contribution in [-0.4, -0.2) is 72.7 Å². The van der Waals surface area contributed by atoms with Crippen molar-refractivity contribution in [2.24, 2.45) is 4.99 Å². The second kappa shape index (κ2) is 11.3. The fraction of sp³-hybridized carbons (Fsp3) is 0.611. The summed E-state index contributed by atoms with van der Waals surface area (Å²) in [5.74, 6) is 1.77. The molecule has 0 aromatic carbocycles. The number of guanidine groups is 1. The zero-order valence-corrected chi connectivity index (χ0v) is 17.8. The van der Waals surface area contributed by atoms with Gasteiger partial charge in [-0.05, 0) is 25.8 Å². The molecule has 2 aliphatic rings. The third-order valence-corrected chi connectivity index (χ3v) is 4.59. The van der Waals surface area contributed by atoms with Gasteiger partial charge in [0, 0.05) is 57.7 Å². The Morgan fingerprint density at radius 3 is 2.50 bits per heavy atom. The van der Waals surface area contributed by atoms with Crippen LogP contribution in [-0.2, 0) is 0 Å². The molecule has 1 fully saturated rings. The van der Waals surface area contributed by atoms with E-state index in [1.807, 2.05) is 6.07 Å². The maximum atomic E-state index is 4.73. The molecule has 1 saturated heterocycles. The van der Waals surface area contributed by atoms with E-state index < -0.39 is 0 Å². The fourth-order valence-electron chi connectivity index (χ4n) is 3.18. The number of nitrogens with zero attached hydrogens (tertiary/aromatic N) is 5. The minimum atomic E-state index is 0. The number of anilines is 1. The average molecular weight is 471 g/mol. The van der Waals surface area contributed by atoms with Crippen molar-refractivity contribution in [2.45, 2.75) is 25.8 Å². The summed E-state index contributed by atoms with van der Waals surface area (Å²) in [5.41, 5.74) is 0. The smallest absolute Gasteiger partial charge is 0.225 e. The highest BCUT2D eigenvalue weighted by molar-refractivity contribution is 14.0. The molecule has 1 aromatic heterocycles. The molecule has 8 heteroatoms. The van der Waals surface area contributed by atoms with E-state index in [9.17, 15) is 0 Å². The van der Waals surface area contributed by atoms with Crippen LogP contribution in [0.4, 0.5) is 5.95 Å². The van der Waals surface area contributed by atoms with Gasteiger partial charge in [0.2, 0.25) is 5.95 Å². The first-order chi connectivity index (χ1) is 12.3. The van der Waals surface area contributed by atoms with E-state index in [0.29, 0.717) is 6.04 Å². The van der Waals surface area contributed by atoms with Gasteiger partial charge in [-0.3, -0.25) is 9.89 Å². The van der Waals surface area contributed by atoms with Gasteiger partial charge >= 0.3 is 0 Å². The van der Waals surface area contributed by atoms with Gasteiger partial charge in [-0.15, -0.1) is 24.0 Å². The quantitative estimate of drug-likeness (QED) is 0.284. The van der Waals surface area contributed by atoms with Crippen LogP contribution in [0.25, 0.3) is 0 Å². The van der Waals surface area contributed by atoms with Gasteiger partial charge in [-0.2, -0.15) is 0 Å². The van der Waals surface area contributed by atoms with E-state index in [1.54, 1.807) is 12.4 Å². The van der Waals surface area contributed by atoms with Gasteiger partial charge in [0.25, 0.3) is 0 Å². The molecule has 0 radical (unpaired) electrons. The fourth-order valence-corrected chi connectivity index (χ4v) is 3.18. The number of piperazine rings is 1. The second-order valence-corrected chi connectivity index (χ2v) is 6.42. The highest BCUT2D eigenvalue weighted by Gasteiger charge is 2.18. The SMILES string of the molecule is CCNC(=NCCN1CCN(c2ncccn2)CC1)NC1CC=CC1.I. The van der Waals surface area contributed by atoms with Gasteiger partial charge in [0.1, 0.15) is 0 Å². The van der Waals surface area contributed by atoms with Crippen molar-refractivity contribution in [3.05, 3.63) is 30.6 Å². The molecule has 2 heterocycles. The molecule has 7 nitrogen and oxygen atoms in total. The lowest BCUT2D eigenvalue weighted by Gasteiger charge is -2.34. The topological polar surface area (TPSA) is 68.7 Å². The maximum absolute atomic E-state index is 4.73. The monoisotopic (exact) mass is 471 g/mol. The highest BCUT2D eigenvalue weighted by Crippen LogP contribution is 2.10. The van der Waals surface area contributed by atoms with Crippen molar-refractivity contribution in [2.75, 3.05) is 50.7 Å². The van der Waals surface area contributed by atoms with Crippen molar-refractivity contribution >= 4 is 35.9 Å². The van der Waals surface area contributed by atoms with Crippen LogP contribution in [0.1, 0.15) is 19.8 Å². The predicted octanol–water partition coefficient (Wildman–Crippen LogP) is 1.49. The molecule has 1 aromatic rings. The van der Waals surface area contributed by atoms with Gasteiger partial charge in [0.05, 0.1) is 6.54 Å². The summed E-state index contributed by atoms with van der Waals surface area (Å²) in [4.78, 5) is 18.1. The molecule has 0 amide bonds. The number of nitrogens with one attached hydrogen (secondary N) is 2. The van der Waals surface area contributed by atoms with Crippen molar-refractivity contribution in [3.8, 4) is 0 Å². The molecule has 0 unspecified atom stereocenters. The van der Waals surface area contributed by atoms with Crippen LogP contribution in [0.15, 0.2) is 35.6 Å². The Morgan fingerprint density at radius 1 is 1.15 bits per heavy atom. The van der Waals surface area contributed by atoms with E-state index in [4.69, 9.17) is 4.99 Å². The molecule has 1 aliphatic carbocycles. The first kappa shape index (κ1) is 20.9. The Morgan fingerprint density at radius 2 is 1.85 bits per heavy atom. The molecular weight excluding hydrogens is 441 g/mol. The molecule has 2 N–H and O–H groups in total. The zero-order valence-electron chi connectivity index (χ0n) is 15.5. The molecular formula is C18H30IN7. The Kier molecular flexibility index (Phi) is 9.10. The van der Waals surface area contributed by atoms with Gasteiger partial charge in [-0.25, -0.2) is 9.97 Å². The standard InChI is InChI=1S/C18H29N7.HI/c1-2-19-17(23-16-6-3-4-7-16)20-10-11-24-12-14-25(15-13-24)18-21-8-5-9-22-18;/h3-5,8-9,16H,2,6-7,10-15H2,1H3,(H2,19,20,23);1H. The average Bonchev–Trinajstić information content (AvgIpc) is 3.16. The molecule has 144 valence electrons. The number of halogens is 1. The van der Waals surface area contributed by atoms with Crippen LogP contribution < -0.4 is 15.5 Å². The minimum absolute atomic E-state index is 0. The summed E-state index contributed by atoms with van der Waals surface area (Å²) in [5, 5.41) is 6.86. The van der Waals surface area contributed by atoms with E-state index in [1.165, 1.54) is 0 Å².